The van der Waals surface area contributed by atoms with E-state index in [1.54, 1.807) is 62.1 Å². The number of benzene rings is 3. The minimum Gasteiger partial charge on any atom is -0.481 e. The summed E-state index contributed by atoms with van der Waals surface area (Å²) in [5, 5.41) is 104. The number of carboxylic acids is 8. The Morgan fingerprint density at radius 2 is 1.00 bits per heavy atom. The first-order valence-corrected chi connectivity index (χ1v) is 35.3. The average molecular weight is 1600 g/mol. The molecule has 576 valence electrons. The number of rotatable bonds is 44. The van der Waals surface area contributed by atoms with E-state index in [4.69, 9.17) is 23.1 Å². The molecule has 1 aliphatic rings. The predicted octanol–water partition coefficient (Wildman–Crippen LogP) is 0.711. The Morgan fingerprint density at radius 3 is 1.55 bits per heavy atom. The smallest absolute Gasteiger partial charge is 0.326 e. The van der Waals surface area contributed by atoms with E-state index >= 15 is 0 Å². The van der Waals surface area contributed by atoms with Gasteiger partial charge < -0.3 is 99.8 Å². The lowest BCUT2D eigenvalue weighted by Crippen LogP contribution is -2.53. The zero-order chi connectivity index (χ0) is 77.4. The maximum absolute atomic E-state index is 14.0. The molecule has 1 aliphatic heterocycles. The SMILES string of the molecule is N/C=C(\NCC(=O)NC(CCCCNC(=S)Nc1ccc(CC2CN(CC(=O)O)CCN(CC(=O)O)CCN(CC(=O)O)CCN2CC(=O)O)cc1)C(=O)NC(CCCCNC(=O)Cc1ccc(I)cc1)C(=O)O)c1cccc(NC(=O)NCCCCC(NC(=O)NC(CCC(=O)O)C(=O)O)C(=O)O)c1. The van der Waals surface area contributed by atoms with Crippen molar-refractivity contribution in [1.82, 2.24) is 62.1 Å². The molecule has 0 saturated carbocycles. The van der Waals surface area contributed by atoms with Crippen LogP contribution in [0.4, 0.5) is 21.0 Å². The van der Waals surface area contributed by atoms with Gasteiger partial charge in [0, 0.05) is 105 Å². The summed E-state index contributed by atoms with van der Waals surface area (Å²) in [5.74, 6) is -11.7. The lowest BCUT2D eigenvalue weighted by molar-refractivity contribution is -0.142. The highest BCUT2D eigenvalue weighted by Crippen LogP contribution is 2.19. The summed E-state index contributed by atoms with van der Waals surface area (Å²) in [4.78, 5) is 167. The molecule has 20 N–H and O–H groups in total. The van der Waals surface area contributed by atoms with Crippen molar-refractivity contribution in [3.05, 3.63) is 99.3 Å². The van der Waals surface area contributed by atoms with Gasteiger partial charge in [-0.25, -0.2) is 24.0 Å². The van der Waals surface area contributed by atoms with Crippen LogP contribution in [0.15, 0.2) is 79.0 Å². The van der Waals surface area contributed by atoms with E-state index in [1.165, 1.54) is 12.3 Å². The summed E-state index contributed by atoms with van der Waals surface area (Å²) >= 11 is 7.76. The number of nitrogens with zero attached hydrogens (tertiary/aromatic N) is 4. The van der Waals surface area contributed by atoms with Crippen LogP contribution in [0, 0.1) is 3.57 Å². The van der Waals surface area contributed by atoms with Gasteiger partial charge in [-0.3, -0.25) is 58.0 Å². The van der Waals surface area contributed by atoms with Gasteiger partial charge in [-0.1, -0.05) is 36.4 Å². The van der Waals surface area contributed by atoms with E-state index in [2.05, 4.69) is 70.4 Å². The molecule has 1 heterocycles. The molecule has 3 aromatic rings. The van der Waals surface area contributed by atoms with Gasteiger partial charge in [0.2, 0.25) is 17.7 Å². The van der Waals surface area contributed by atoms with Gasteiger partial charge in [-0.15, -0.1) is 0 Å². The number of hydrogen-bond donors (Lipinski definition) is 19. The summed E-state index contributed by atoms with van der Waals surface area (Å²) in [5.41, 5.74) is 9.05. The molecule has 0 aromatic heterocycles. The molecule has 7 amide bonds. The molecule has 0 spiro atoms. The van der Waals surface area contributed by atoms with Crippen LogP contribution in [0.5, 0.6) is 0 Å². The number of anilines is 2. The van der Waals surface area contributed by atoms with Crippen molar-refractivity contribution in [2.45, 2.75) is 114 Å². The summed E-state index contributed by atoms with van der Waals surface area (Å²) in [6.07, 6.45) is 2.36. The fraction of sp³-hybridized carbons (Fsp3) is 0.493. The van der Waals surface area contributed by atoms with Gasteiger partial charge in [0.1, 0.15) is 24.2 Å². The van der Waals surface area contributed by atoms with Crippen molar-refractivity contribution >= 4 is 135 Å². The van der Waals surface area contributed by atoms with Gasteiger partial charge >= 0.3 is 59.8 Å². The lowest BCUT2D eigenvalue weighted by Gasteiger charge is -2.37. The van der Waals surface area contributed by atoms with E-state index in [-0.39, 0.29) is 146 Å². The zero-order valence-electron chi connectivity index (χ0n) is 57.7. The third kappa shape index (κ3) is 36.8. The Hall–Kier alpha value is -10.0. The lowest BCUT2D eigenvalue weighted by atomic mass is 10.0. The monoisotopic (exact) mass is 1600 g/mol. The number of unbranched alkanes of at least 4 members (excludes halogenated alkanes) is 3. The molecule has 0 bridgehead atoms. The topological polar surface area (TPSA) is 543 Å². The summed E-state index contributed by atoms with van der Waals surface area (Å²) in [7, 11) is 0. The van der Waals surface area contributed by atoms with Crippen molar-refractivity contribution in [3.8, 4) is 0 Å². The largest absolute Gasteiger partial charge is 0.481 e. The number of aliphatic carboxylic acids is 8. The van der Waals surface area contributed by atoms with Crippen LogP contribution in [-0.4, -0.2) is 271 Å². The minimum atomic E-state index is -1.58. The number of nitrogens with one attached hydrogen (secondary N) is 10. The molecule has 0 radical (unpaired) electrons. The van der Waals surface area contributed by atoms with Crippen molar-refractivity contribution in [2.75, 3.05) is 109 Å². The van der Waals surface area contributed by atoms with Crippen molar-refractivity contribution in [3.63, 3.8) is 0 Å². The number of carbonyl (C=O) groups is 13. The van der Waals surface area contributed by atoms with Crippen LogP contribution < -0.4 is 58.9 Å². The number of thiocarbonyl (C=S) groups is 1. The van der Waals surface area contributed by atoms with Crippen LogP contribution >= 0.6 is 34.8 Å². The second-order valence-electron chi connectivity index (χ2n) is 24.7. The number of hydrogen-bond acceptors (Lipinski definition) is 20. The molecule has 3 aromatic carbocycles. The second kappa shape index (κ2) is 47.4. The predicted molar refractivity (Wildman–Crippen MR) is 394 cm³/mol. The van der Waals surface area contributed by atoms with Crippen LogP contribution in [-0.2, 0) is 65.6 Å². The van der Waals surface area contributed by atoms with Gasteiger partial charge in [-0.2, -0.15) is 0 Å². The molecular formula is C67H94IN15O21S. The normalized spacial score (nSPS) is 15.2. The highest BCUT2D eigenvalue weighted by Gasteiger charge is 2.30. The number of amides is 7. The molecule has 5 unspecified atom stereocenters. The van der Waals surface area contributed by atoms with Crippen LogP contribution in [0.1, 0.15) is 87.3 Å². The van der Waals surface area contributed by atoms with E-state index in [1.807, 2.05) is 29.6 Å². The molecule has 5 atom stereocenters. The Morgan fingerprint density at radius 1 is 0.495 bits per heavy atom. The Kier molecular flexibility index (Phi) is 39.4. The fourth-order valence-corrected chi connectivity index (χ4v) is 11.6. The van der Waals surface area contributed by atoms with E-state index < -0.39 is 134 Å². The summed E-state index contributed by atoms with van der Waals surface area (Å²) in [6.45, 7) is -0.533. The second-order valence-corrected chi connectivity index (χ2v) is 26.3. The molecule has 4 rings (SSSR count). The van der Waals surface area contributed by atoms with Gasteiger partial charge in [0.15, 0.2) is 5.11 Å². The molecule has 38 heteroatoms. The Labute approximate surface area is 624 Å². The number of urea groups is 2. The van der Waals surface area contributed by atoms with Crippen molar-refractivity contribution in [1.29, 1.82) is 0 Å². The number of halogens is 1. The third-order valence-electron chi connectivity index (χ3n) is 16.3. The quantitative estimate of drug-likeness (QED) is 0.0211. The highest BCUT2D eigenvalue weighted by molar-refractivity contribution is 14.1. The van der Waals surface area contributed by atoms with E-state index in [9.17, 15) is 98.1 Å². The van der Waals surface area contributed by atoms with Crippen LogP contribution in [0.25, 0.3) is 5.70 Å². The highest BCUT2D eigenvalue weighted by atomic mass is 127. The molecule has 1 fully saturated rings. The fourth-order valence-electron chi connectivity index (χ4n) is 11.0. The maximum atomic E-state index is 14.0. The Bertz CT molecular complexity index is 3470. The Balaban J connectivity index is 1.37. The molecular weight excluding hydrogens is 1510 g/mol. The van der Waals surface area contributed by atoms with Gasteiger partial charge in [-0.05, 0) is 153 Å². The number of carboxylic acid groups (broad SMARTS) is 8. The van der Waals surface area contributed by atoms with Crippen molar-refractivity contribution in [2.24, 2.45) is 5.73 Å². The first kappa shape index (κ1) is 87.4. The van der Waals surface area contributed by atoms with Crippen LogP contribution in [0.3, 0.4) is 0 Å². The molecule has 0 aliphatic carbocycles. The first-order chi connectivity index (χ1) is 49.9. The maximum Gasteiger partial charge on any atom is 0.326 e. The van der Waals surface area contributed by atoms with Crippen LogP contribution in [0.2, 0.25) is 0 Å². The van der Waals surface area contributed by atoms with Gasteiger partial charge in [0.25, 0.3) is 0 Å². The average Bonchev–Trinajstić information content (AvgIpc) is 0.864. The summed E-state index contributed by atoms with van der Waals surface area (Å²) in [6, 6.07) is 12.8. The number of carbonyl (C=O) groups excluding carboxylic acids is 5. The number of nitrogens with two attached hydrogens (primary N) is 1. The molecule has 1 saturated heterocycles. The van der Waals surface area contributed by atoms with Crippen molar-refractivity contribution < 1.29 is 103 Å². The minimum absolute atomic E-state index is 0.00152. The van der Waals surface area contributed by atoms with E-state index in [0.29, 0.717) is 36.9 Å². The van der Waals surface area contributed by atoms with Gasteiger partial charge in [0.05, 0.1) is 44.8 Å². The first-order valence-electron chi connectivity index (χ1n) is 33.8. The molecule has 105 heavy (non-hydrogen) atoms. The molecule has 36 nitrogen and oxygen atoms in total. The standard InChI is InChI=1S/C67H94IN15O21S/c68-45-17-13-43(14-18-45)33-54(84)70-23-4-2-11-50(62(97)98)77-61(96)49(76-55(85)36-73-53(35-69)44-8-7-9-47(34-44)74-65(103)71-24-5-3-12-51(63(99)100)78-66(104)79-52(64(101)102)21-22-56(86)87)10-1-6-25-72-67(105)75-46-19-15-42(16-20-46)32-48-37-82(40-59(92)93)29-28-80(38-57(88)89)26-27-81(39-58(90)91)30-31-83(48)41-60(94)95/h7-9,13-20,34-35,48-52,73H,1-6,10-12,21-33,36-41,69H2,(H,70,84)(H,76,85)(H,77,96)(H,86,87)(H,88,89)(H,90,91)(H,92,93)(H,94,95)(H,97,98)(H,99,100)(H,101,102)(H2,71,74,103)(H2,72,75,105)(H2,78,79,104)/b53-35-. The van der Waals surface area contributed by atoms with E-state index in [0.717, 1.165) is 14.7 Å². The third-order valence-corrected chi connectivity index (χ3v) is 17.3. The summed E-state index contributed by atoms with van der Waals surface area (Å²) < 4.78 is 1.02. The zero-order valence-corrected chi connectivity index (χ0v) is 60.7.